The van der Waals surface area contributed by atoms with Gasteiger partial charge in [-0.25, -0.2) is 9.78 Å². The third-order valence-electron chi connectivity index (χ3n) is 4.39. The van der Waals surface area contributed by atoms with Crippen LogP contribution in [0.2, 0.25) is 0 Å². The average Bonchev–Trinajstić information content (AvgIpc) is 2.93. The van der Waals surface area contributed by atoms with Crippen molar-refractivity contribution in [1.29, 1.82) is 0 Å². The van der Waals surface area contributed by atoms with E-state index in [9.17, 15) is 14.7 Å². The van der Waals surface area contributed by atoms with Gasteiger partial charge in [-0.3, -0.25) is 4.79 Å². The van der Waals surface area contributed by atoms with E-state index in [-0.39, 0.29) is 25.0 Å². The Kier molecular flexibility index (Phi) is 4.42. The van der Waals surface area contributed by atoms with Gasteiger partial charge in [0.2, 0.25) is 0 Å². The van der Waals surface area contributed by atoms with Crippen molar-refractivity contribution in [2.45, 2.75) is 26.8 Å². The lowest BCUT2D eigenvalue weighted by molar-refractivity contribution is -0.143. The highest BCUT2D eigenvalue weighted by atomic mass is 16.4. The summed E-state index contributed by atoms with van der Waals surface area (Å²) in [6.45, 7) is 5.10. The van der Waals surface area contributed by atoms with Gasteiger partial charge in [0.1, 0.15) is 5.82 Å². The van der Waals surface area contributed by atoms with Crippen molar-refractivity contribution in [1.82, 2.24) is 20.2 Å². The number of hydrogen-bond acceptors (Lipinski definition) is 3. The van der Waals surface area contributed by atoms with Crippen LogP contribution in [0.1, 0.15) is 24.7 Å². The van der Waals surface area contributed by atoms with E-state index >= 15 is 0 Å². The van der Waals surface area contributed by atoms with Gasteiger partial charge in [-0.15, -0.1) is 0 Å². The maximum atomic E-state index is 12.3. The minimum absolute atomic E-state index is 0.180. The van der Waals surface area contributed by atoms with Crippen LogP contribution in [-0.2, 0) is 11.3 Å². The Morgan fingerprint density at radius 1 is 1.42 bits per heavy atom. The smallest absolute Gasteiger partial charge is 0.317 e. The lowest BCUT2D eigenvalue weighted by atomic mass is 9.91. The maximum absolute atomic E-state index is 12.3. The molecule has 2 atom stereocenters. The van der Waals surface area contributed by atoms with Crippen molar-refractivity contribution in [3.63, 3.8) is 0 Å². The molecule has 0 bridgehead atoms. The second kappa shape index (κ2) is 6.51. The van der Waals surface area contributed by atoms with E-state index in [1.807, 2.05) is 32.0 Å². The van der Waals surface area contributed by atoms with E-state index in [1.54, 1.807) is 4.90 Å². The van der Waals surface area contributed by atoms with Crippen LogP contribution in [0.4, 0.5) is 4.79 Å². The van der Waals surface area contributed by atoms with Gasteiger partial charge in [-0.1, -0.05) is 13.0 Å². The molecule has 1 aliphatic rings. The third kappa shape index (κ3) is 3.50. The number of aryl methyl sites for hydroxylation is 1. The highest BCUT2D eigenvalue weighted by Gasteiger charge is 2.31. The Hall–Kier alpha value is -2.57. The monoisotopic (exact) mass is 330 g/mol. The minimum atomic E-state index is -0.841. The van der Waals surface area contributed by atoms with Crippen molar-refractivity contribution in [3.8, 4) is 0 Å². The van der Waals surface area contributed by atoms with Crippen LogP contribution in [0, 0.1) is 18.8 Å². The van der Waals surface area contributed by atoms with Crippen molar-refractivity contribution in [3.05, 3.63) is 29.6 Å². The standard InChI is InChI=1S/C17H22N4O3/c1-10-3-4-13-14(6-10)20-15(19-13)7-18-17(24)21-8-11(2)5-12(9-21)16(22)23/h3-4,6,11-12H,5,7-9H2,1-2H3,(H,18,24)(H,19,20)(H,22,23). The van der Waals surface area contributed by atoms with Crippen LogP contribution in [0.5, 0.6) is 0 Å². The van der Waals surface area contributed by atoms with Gasteiger partial charge in [0, 0.05) is 13.1 Å². The zero-order chi connectivity index (χ0) is 17.3. The third-order valence-corrected chi connectivity index (χ3v) is 4.39. The Morgan fingerprint density at radius 2 is 2.21 bits per heavy atom. The van der Waals surface area contributed by atoms with Gasteiger partial charge in [0.05, 0.1) is 23.5 Å². The van der Waals surface area contributed by atoms with Crippen LogP contribution in [0.3, 0.4) is 0 Å². The molecule has 0 aliphatic carbocycles. The number of carbonyl (C=O) groups is 2. The molecule has 24 heavy (non-hydrogen) atoms. The first-order chi connectivity index (χ1) is 11.4. The number of nitrogens with one attached hydrogen (secondary N) is 2. The molecular formula is C17H22N4O3. The molecule has 1 aromatic carbocycles. The number of amides is 2. The van der Waals surface area contributed by atoms with Gasteiger partial charge in [-0.05, 0) is 37.0 Å². The van der Waals surface area contributed by atoms with Crippen LogP contribution >= 0.6 is 0 Å². The number of carboxylic acid groups (broad SMARTS) is 1. The number of aliphatic carboxylic acids is 1. The molecule has 2 unspecified atom stereocenters. The molecule has 1 saturated heterocycles. The van der Waals surface area contributed by atoms with Crippen LogP contribution in [0.25, 0.3) is 11.0 Å². The number of urea groups is 1. The Morgan fingerprint density at radius 3 is 2.96 bits per heavy atom. The molecule has 3 N–H and O–H groups in total. The number of carboxylic acids is 1. The zero-order valence-corrected chi connectivity index (χ0v) is 13.9. The number of aromatic amines is 1. The lowest BCUT2D eigenvalue weighted by Gasteiger charge is -2.34. The number of fused-ring (bicyclic) bond motifs is 1. The molecular weight excluding hydrogens is 308 g/mol. The van der Waals surface area contributed by atoms with Gasteiger partial charge >= 0.3 is 12.0 Å². The molecule has 0 spiro atoms. The normalized spacial score (nSPS) is 21.0. The molecule has 0 saturated carbocycles. The summed E-state index contributed by atoms with van der Waals surface area (Å²) in [6, 6.07) is 5.70. The summed E-state index contributed by atoms with van der Waals surface area (Å²) in [5, 5.41) is 12.0. The highest BCUT2D eigenvalue weighted by molar-refractivity contribution is 5.77. The fraction of sp³-hybridized carbons (Fsp3) is 0.471. The van der Waals surface area contributed by atoms with E-state index < -0.39 is 11.9 Å². The number of imidazole rings is 1. The fourth-order valence-corrected chi connectivity index (χ4v) is 3.23. The molecule has 2 amide bonds. The summed E-state index contributed by atoms with van der Waals surface area (Å²) in [5.41, 5.74) is 2.95. The average molecular weight is 330 g/mol. The molecule has 1 aromatic heterocycles. The van der Waals surface area contributed by atoms with Crippen molar-refractivity contribution in [2.75, 3.05) is 13.1 Å². The molecule has 7 heteroatoms. The topological polar surface area (TPSA) is 98.3 Å². The highest BCUT2D eigenvalue weighted by Crippen LogP contribution is 2.21. The summed E-state index contributed by atoms with van der Waals surface area (Å²) >= 11 is 0. The number of aromatic nitrogens is 2. The quantitative estimate of drug-likeness (QED) is 0.803. The number of piperidine rings is 1. The number of hydrogen-bond donors (Lipinski definition) is 3. The molecule has 3 rings (SSSR count). The summed E-state index contributed by atoms with van der Waals surface area (Å²) in [7, 11) is 0. The number of benzene rings is 1. The van der Waals surface area contributed by atoms with Crippen molar-refractivity contribution < 1.29 is 14.7 Å². The fourth-order valence-electron chi connectivity index (χ4n) is 3.23. The molecule has 7 nitrogen and oxygen atoms in total. The first-order valence-electron chi connectivity index (χ1n) is 8.13. The molecule has 128 valence electrons. The number of H-pyrrole nitrogens is 1. The Balaban J connectivity index is 1.62. The molecule has 1 aliphatic heterocycles. The maximum Gasteiger partial charge on any atom is 0.317 e. The minimum Gasteiger partial charge on any atom is -0.481 e. The van der Waals surface area contributed by atoms with E-state index in [0.717, 1.165) is 16.6 Å². The Labute approximate surface area is 140 Å². The predicted molar refractivity (Wildman–Crippen MR) is 89.5 cm³/mol. The summed E-state index contributed by atoms with van der Waals surface area (Å²) in [5.74, 6) is -0.468. The summed E-state index contributed by atoms with van der Waals surface area (Å²) in [6.07, 6.45) is 0.613. The summed E-state index contributed by atoms with van der Waals surface area (Å²) in [4.78, 5) is 32.8. The van der Waals surface area contributed by atoms with Gasteiger partial charge in [-0.2, -0.15) is 0 Å². The number of rotatable bonds is 3. The SMILES string of the molecule is Cc1ccc2nc(CNC(=O)N3CC(C)CC(C(=O)O)C3)[nH]c2c1. The summed E-state index contributed by atoms with van der Waals surface area (Å²) < 4.78 is 0. The number of nitrogens with zero attached hydrogens (tertiary/aromatic N) is 2. The lowest BCUT2D eigenvalue weighted by Crippen LogP contribution is -2.49. The number of likely N-dealkylation sites (tertiary alicyclic amines) is 1. The first-order valence-corrected chi connectivity index (χ1v) is 8.13. The van der Waals surface area contributed by atoms with Crippen LogP contribution in [0.15, 0.2) is 18.2 Å². The molecule has 1 fully saturated rings. The first kappa shape index (κ1) is 16.3. The van der Waals surface area contributed by atoms with Gasteiger partial charge in [0.15, 0.2) is 0 Å². The van der Waals surface area contributed by atoms with E-state index in [4.69, 9.17) is 0 Å². The second-order valence-corrected chi connectivity index (χ2v) is 6.64. The predicted octanol–water partition coefficient (Wildman–Crippen LogP) is 2.12. The van der Waals surface area contributed by atoms with E-state index in [2.05, 4.69) is 15.3 Å². The molecule has 2 heterocycles. The molecule has 0 radical (unpaired) electrons. The largest absolute Gasteiger partial charge is 0.481 e. The van der Waals surface area contributed by atoms with Crippen LogP contribution < -0.4 is 5.32 Å². The number of carbonyl (C=O) groups excluding carboxylic acids is 1. The van der Waals surface area contributed by atoms with Crippen molar-refractivity contribution >= 4 is 23.0 Å². The Bertz CT molecular complexity index is 770. The van der Waals surface area contributed by atoms with E-state index in [0.29, 0.717) is 18.8 Å². The second-order valence-electron chi connectivity index (χ2n) is 6.64. The zero-order valence-electron chi connectivity index (χ0n) is 13.9. The van der Waals surface area contributed by atoms with Gasteiger partial charge in [0.25, 0.3) is 0 Å². The van der Waals surface area contributed by atoms with Crippen LogP contribution in [-0.4, -0.2) is 45.1 Å². The van der Waals surface area contributed by atoms with E-state index in [1.165, 1.54) is 0 Å². The van der Waals surface area contributed by atoms with Crippen molar-refractivity contribution in [2.24, 2.45) is 11.8 Å². The molecule has 2 aromatic rings. The van der Waals surface area contributed by atoms with Gasteiger partial charge < -0.3 is 20.3 Å².